The van der Waals surface area contributed by atoms with Crippen molar-refractivity contribution in [1.82, 2.24) is 4.90 Å². The molecule has 1 N–H and O–H groups in total. The van der Waals surface area contributed by atoms with Gasteiger partial charge in [-0.25, -0.2) is 0 Å². The smallest absolute Gasteiger partial charge is 0.295 e. The zero-order chi connectivity index (χ0) is 21.5. The van der Waals surface area contributed by atoms with Crippen LogP contribution in [0.2, 0.25) is 0 Å². The lowest BCUT2D eigenvalue weighted by molar-refractivity contribution is -0.141. The first-order valence-corrected chi connectivity index (χ1v) is 11.1. The second-order valence-electron chi connectivity index (χ2n) is 8.73. The van der Waals surface area contributed by atoms with Gasteiger partial charge in [0.2, 0.25) is 0 Å². The molecule has 2 aliphatic heterocycles. The van der Waals surface area contributed by atoms with E-state index in [-0.39, 0.29) is 17.4 Å². The molecule has 3 heterocycles. The molecule has 0 saturated carbocycles. The number of hydrogen-bond donors (Lipinski definition) is 1. The third kappa shape index (κ3) is 3.59. The summed E-state index contributed by atoms with van der Waals surface area (Å²) >= 11 is 0. The van der Waals surface area contributed by atoms with Crippen molar-refractivity contribution in [3.8, 4) is 0 Å². The number of benzene rings is 1. The van der Waals surface area contributed by atoms with Crippen molar-refractivity contribution in [1.29, 1.82) is 0 Å². The van der Waals surface area contributed by atoms with E-state index in [4.69, 9.17) is 9.15 Å². The zero-order valence-electron chi connectivity index (χ0n) is 17.7. The van der Waals surface area contributed by atoms with Gasteiger partial charge in [-0.2, -0.15) is 0 Å². The maximum atomic E-state index is 13.1. The monoisotopic (exact) mass is 421 g/mol. The Morgan fingerprint density at radius 1 is 1.10 bits per heavy atom. The Kier molecular flexibility index (Phi) is 5.18. The average molecular weight is 421 g/mol. The summed E-state index contributed by atoms with van der Waals surface area (Å²) in [5, 5.41) is 11.2. The Bertz CT molecular complexity index is 1060. The van der Waals surface area contributed by atoms with Crippen LogP contribution in [0, 0.1) is 6.92 Å². The minimum Gasteiger partial charge on any atom is -0.507 e. The van der Waals surface area contributed by atoms with E-state index < -0.39 is 17.7 Å². The molecule has 5 rings (SSSR count). The third-order valence-corrected chi connectivity index (χ3v) is 6.62. The molecule has 1 aromatic carbocycles. The molecule has 6 heteroatoms. The number of carbonyl (C=O) groups is 2. The number of ether oxygens (including phenoxy) is 1. The standard InChI is InChI=1S/C25H27NO5/c1-15-8-11-20(31-15)22-21(24(28)25(29)26(22)14-19-7-4-12-30-19)23(27)18-10-9-16-5-2-3-6-17(16)13-18/h8-11,13,19,22,27H,2-7,12,14H2,1H3/b23-21-. The minimum atomic E-state index is -0.756. The lowest BCUT2D eigenvalue weighted by atomic mass is 9.89. The summed E-state index contributed by atoms with van der Waals surface area (Å²) in [6, 6.07) is 8.65. The first-order chi connectivity index (χ1) is 15.0. The number of aliphatic hydroxyl groups excluding tert-OH is 1. The summed E-state index contributed by atoms with van der Waals surface area (Å²) in [5.74, 6) is -0.261. The fourth-order valence-corrected chi connectivity index (χ4v) is 5.01. The van der Waals surface area contributed by atoms with Gasteiger partial charge in [-0.05, 0) is 74.8 Å². The highest BCUT2D eigenvalue weighted by Crippen LogP contribution is 2.41. The van der Waals surface area contributed by atoms with Crippen molar-refractivity contribution in [3.63, 3.8) is 0 Å². The molecule has 2 aromatic rings. The topological polar surface area (TPSA) is 80.0 Å². The largest absolute Gasteiger partial charge is 0.507 e. The minimum absolute atomic E-state index is 0.0908. The molecule has 2 unspecified atom stereocenters. The van der Waals surface area contributed by atoms with E-state index in [2.05, 4.69) is 0 Å². The predicted octanol–water partition coefficient (Wildman–Crippen LogP) is 4.07. The number of carbonyl (C=O) groups excluding carboxylic acids is 2. The van der Waals surface area contributed by atoms with Crippen LogP contribution in [0.25, 0.3) is 5.76 Å². The quantitative estimate of drug-likeness (QED) is 0.457. The number of Topliss-reactive ketones (excluding diaryl/α,β-unsaturated/α-hetero) is 1. The van der Waals surface area contributed by atoms with Crippen molar-refractivity contribution in [2.24, 2.45) is 0 Å². The van der Waals surface area contributed by atoms with Crippen LogP contribution in [0.5, 0.6) is 0 Å². The van der Waals surface area contributed by atoms with Crippen LogP contribution in [0.3, 0.4) is 0 Å². The van der Waals surface area contributed by atoms with Gasteiger partial charge >= 0.3 is 0 Å². The maximum Gasteiger partial charge on any atom is 0.295 e. The molecule has 2 fully saturated rings. The number of fused-ring (bicyclic) bond motifs is 1. The molecular formula is C25H27NO5. The molecule has 0 spiro atoms. The summed E-state index contributed by atoms with van der Waals surface area (Å²) in [4.78, 5) is 27.6. The van der Waals surface area contributed by atoms with Crippen molar-refractivity contribution in [3.05, 3.63) is 64.1 Å². The Balaban J connectivity index is 1.59. The van der Waals surface area contributed by atoms with Gasteiger partial charge < -0.3 is 19.2 Å². The third-order valence-electron chi connectivity index (χ3n) is 6.62. The van der Waals surface area contributed by atoms with Gasteiger partial charge in [-0.3, -0.25) is 9.59 Å². The number of furan rings is 1. The van der Waals surface area contributed by atoms with Crippen LogP contribution in [0.1, 0.15) is 59.9 Å². The lowest BCUT2D eigenvalue weighted by Crippen LogP contribution is -2.36. The second-order valence-corrected chi connectivity index (χ2v) is 8.73. The van der Waals surface area contributed by atoms with E-state index in [9.17, 15) is 14.7 Å². The Hall–Kier alpha value is -2.86. The van der Waals surface area contributed by atoms with Crippen molar-refractivity contribution >= 4 is 17.4 Å². The van der Waals surface area contributed by atoms with E-state index in [1.165, 1.54) is 22.4 Å². The Morgan fingerprint density at radius 3 is 2.61 bits per heavy atom. The molecular weight excluding hydrogens is 394 g/mol. The first-order valence-electron chi connectivity index (χ1n) is 11.1. The summed E-state index contributed by atoms with van der Waals surface area (Å²) in [7, 11) is 0. The van der Waals surface area contributed by atoms with E-state index in [1.807, 2.05) is 25.1 Å². The van der Waals surface area contributed by atoms with Crippen molar-refractivity contribution < 1.29 is 23.8 Å². The number of aryl methyl sites for hydroxylation is 3. The fourth-order valence-electron chi connectivity index (χ4n) is 5.01. The second kappa shape index (κ2) is 8.00. The lowest BCUT2D eigenvalue weighted by Gasteiger charge is -2.25. The number of ketones is 1. The van der Waals surface area contributed by atoms with Gasteiger partial charge in [0.15, 0.2) is 0 Å². The Morgan fingerprint density at radius 2 is 1.90 bits per heavy atom. The predicted molar refractivity (Wildman–Crippen MR) is 115 cm³/mol. The van der Waals surface area contributed by atoms with Crippen LogP contribution in [-0.4, -0.2) is 41.0 Å². The number of amides is 1. The molecule has 0 radical (unpaired) electrons. The number of likely N-dealkylation sites (tertiary alicyclic amines) is 1. The average Bonchev–Trinajstić information content (AvgIpc) is 3.50. The van der Waals surface area contributed by atoms with Crippen LogP contribution in [0.15, 0.2) is 40.3 Å². The number of aliphatic hydroxyl groups is 1. The molecule has 2 atom stereocenters. The van der Waals surface area contributed by atoms with Gasteiger partial charge in [0.1, 0.15) is 23.3 Å². The van der Waals surface area contributed by atoms with Crippen molar-refractivity contribution in [2.75, 3.05) is 13.2 Å². The molecule has 1 aromatic heterocycles. The number of rotatable bonds is 4. The van der Waals surface area contributed by atoms with E-state index in [0.29, 0.717) is 30.2 Å². The SMILES string of the molecule is Cc1ccc(C2/C(=C(/O)c3ccc4c(c3)CCCC4)C(=O)C(=O)N2CC2CCCO2)o1. The van der Waals surface area contributed by atoms with Gasteiger partial charge in [-0.15, -0.1) is 0 Å². The van der Waals surface area contributed by atoms with E-state index in [0.717, 1.165) is 32.1 Å². The fraction of sp³-hybridized carbons (Fsp3) is 0.440. The molecule has 2 saturated heterocycles. The number of nitrogens with zero attached hydrogens (tertiary/aromatic N) is 1. The highest BCUT2D eigenvalue weighted by atomic mass is 16.5. The zero-order valence-corrected chi connectivity index (χ0v) is 17.7. The van der Waals surface area contributed by atoms with Gasteiger partial charge in [0.25, 0.3) is 11.7 Å². The highest BCUT2D eigenvalue weighted by Gasteiger charge is 2.48. The molecule has 6 nitrogen and oxygen atoms in total. The summed E-state index contributed by atoms with van der Waals surface area (Å²) in [6.45, 7) is 2.78. The Labute approximate surface area is 181 Å². The normalized spacial score (nSPS) is 25.3. The molecule has 1 amide bonds. The van der Waals surface area contributed by atoms with E-state index >= 15 is 0 Å². The van der Waals surface area contributed by atoms with Gasteiger partial charge in [0, 0.05) is 18.7 Å². The summed E-state index contributed by atoms with van der Waals surface area (Å²) < 4.78 is 11.5. The first kappa shape index (κ1) is 20.1. The van der Waals surface area contributed by atoms with Crippen LogP contribution >= 0.6 is 0 Å². The molecule has 0 bridgehead atoms. The van der Waals surface area contributed by atoms with Crippen LogP contribution in [0.4, 0.5) is 0 Å². The van der Waals surface area contributed by atoms with Crippen LogP contribution in [-0.2, 0) is 27.2 Å². The highest BCUT2D eigenvalue weighted by molar-refractivity contribution is 6.46. The summed E-state index contributed by atoms with van der Waals surface area (Å²) in [5.41, 5.74) is 3.16. The molecule has 162 valence electrons. The summed E-state index contributed by atoms with van der Waals surface area (Å²) in [6.07, 6.45) is 5.96. The molecule has 1 aliphatic carbocycles. The van der Waals surface area contributed by atoms with Gasteiger partial charge in [-0.1, -0.05) is 12.1 Å². The molecule has 31 heavy (non-hydrogen) atoms. The van der Waals surface area contributed by atoms with Gasteiger partial charge in [0.05, 0.1) is 11.7 Å². The van der Waals surface area contributed by atoms with Crippen molar-refractivity contribution in [2.45, 2.75) is 57.6 Å². The maximum absolute atomic E-state index is 13.1. The van der Waals surface area contributed by atoms with Crippen LogP contribution < -0.4 is 0 Å². The van der Waals surface area contributed by atoms with E-state index in [1.54, 1.807) is 12.1 Å². The molecule has 3 aliphatic rings. The number of hydrogen-bond acceptors (Lipinski definition) is 5.